The Labute approximate surface area is 174 Å². The lowest BCUT2D eigenvalue weighted by atomic mass is 9.79. The van der Waals surface area contributed by atoms with Gasteiger partial charge in [0.1, 0.15) is 6.54 Å². The molecule has 1 N–H and O–H groups in total. The first-order chi connectivity index (χ1) is 14.0. The molecule has 1 aromatic carbocycles. The third-order valence-electron chi connectivity index (χ3n) is 6.82. The van der Waals surface area contributed by atoms with Gasteiger partial charge in [-0.15, -0.1) is 0 Å². The molecule has 0 radical (unpaired) electrons. The number of esters is 1. The second-order valence-corrected chi connectivity index (χ2v) is 10.3. The molecular weight excluding hydrogens is 421 g/mol. The van der Waals surface area contributed by atoms with Crippen molar-refractivity contribution in [1.29, 1.82) is 0 Å². The van der Waals surface area contributed by atoms with Crippen molar-refractivity contribution in [2.75, 3.05) is 20.2 Å². The average molecular weight is 446 g/mol. The van der Waals surface area contributed by atoms with Gasteiger partial charge in [-0.2, -0.15) is 30.6 Å². The maximum atomic E-state index is 12.9. The number of fused-ring (bicyclic) bond motifs is 1. The van der Waals surface area contributed by atoms with Gasteiger partial charge in [0.2, 0.25) is 0 Å². The van der Waals surface area contributed by atoms with Crippen LogP contribution >= 0.6 is 0 Å². The minimum Gasteiger partial charge on any atom is -0.469 e. The van der Waals surface area contributed by atoms with E-state index in [4.69, 9.17) is 0 Å². The Bertz CT molecular complexity index is 950. The van der Waals surface area contributed by atoms with Gasteiger partial charge in [-0.1, -0.05) is 18.2 Å². The number of carbonyl (C=O) groups is 1. The number of rotatable bonds is 4. The van der Waals surface area contributed by atoms with Crippen LogP contribution in [0.5, 0.6) is 0 Å². The van der Waals surface area contributed by atoms with Crippen LogP contribution in [0, 0.1) is 11.8 Å². The number of hydrogen-bond donors (Lipinski definition) is 1. The monoisotopic (exact) mass is 446 g/mol. The van der Waals surface area contributed by atoms with Crippen LogP contribution in [0.1, 0.15) is 36.0 Å². The summed E-state index contributed by atoms with van der Waals surface area (Å²) >= 11 is 0. The largest absolute Gasteiger partial charge is 0.469 e. The summed E-state index contributed by atoms with van der Waals surface area (Å²) in [4.78, 5) is 11.4. The highest BCUT2D eigenvalue weighted by Crippen LogP contribution is 2.50. The van der Waals surface area contributed by atoms with Gasteiger partial charge in [0, 0.05) is 13.0 Å². The van der Waals surface area contributed by atoms with Crippen molar-refractivity contribution in [3.63, 3.8) is 0 Å². The quantitative estimate of drug-likeness (QED) is 0.721. The number of ether oxygens (including phenoxy) is 1. The molecule has 0 unspecified atom stereocenters. The Hall–Kier alpha value is -1.65. The molecule has 166 valence electrons. The van der Waals surface area contributed by atoms with Crippen molar-refractivity contribution in [3.8, 4) is 0 Å². The van der Waals surface area contributed by atoms with Crippen LogP contribution in [-0.4, -0.2) is 50.6 Å². The molecule has 1 spiro atoms. The number of alkyl halides is 3. The van der Waals surface area contributed by atoms with E-state index >= 15 is 0 Å². The molecule has 3 atom stereocenters. The van der Waals surface area contributed by atoms with Crippen LogP contribution in [-0.2, 0) is 39.0 Å². The zero-order valence-electron chi connectivity index (χ0n) is 16.7. The SMILES string of the molecule is COC(=O)CCc1ccc2c(c1)C[C@@H]1CC[C@H](C2)[C@]12CN(CC(F)(F)F)S(=O)(=O)N2. The van der Waals surface area contributed by atoms with Crippen LogP contribution in [0.2, 0.25) is 0 Å². The molecule has 0 amide bonds. The summed E-state index contributed by atoms with van der Waals surface area (Å²) in [5, 5.41) is 0. The Morgan fingerprint density at radius 1 is 1.23 bits per heavy atom. The lowest BCUT2D eigenvalue weighted by Gasteiger charge is -2.33. The normalized spacial score (nSPS) is 30.3. The first kappa shape index (κ1) is 21.6. The summed E-state index contributed by atoms with van der Waals surface area (Å²) in [6.07, 6.45) is -0.953. The van der Waals surface area contributed by atoms with Crippen molar-refractivity contribution in [3.05, 3.63) is 34.9 Å². The van der Waals surface area contributed by atoms with E-state index in [0.29, 0.717) is 23.6 Å². The molecule has 0 aromatic heterocycles. The van der Waals surface area contributed by atoms with Gasteiger partial charge in [-0.05, 0) is 60.6 Å². The molecule has 1 heterocycles. The number of hydrogen-bond acceptors (Lipinski definition) is 4. The van der Waals surface area contributed by atoms with Crippen molar-refractivity contribution < 1.29 is 31.1 Å². The van der Waals surface area contributed by atoms with Crippen molar-refractivity contribution in [2.45, 2.75) is 50.2 Å². The summed E-state index contributed by atoms with van der Waals surface area (Å²) in [6.45, 7) is -1.61. The first-order valence-electron chi connectivity index (χ1n) is 10.1. The Kier molecular flexibility index (Phi) is 5.39. The minimum absolute atomic E-state index is 0.0438. The van der Waals surface area contributed by atoms with Crippen molar-refractivity contribution in [2.24, 2.45) is 11.8 Å². The first-order valence-corrected chi connectivity index (χ1v) is 11.5. The lowest BCUT2D eigenvalue weighted by molar-refractivity contribution is -0.140. The maximum absolute atomic E-state index is 12.9. The number of carbonyl (C=O) groups excluding carboxylic acids is 1. The van der Waals surface area contributed by atoms with Gasteiger partial charge in [0.05, 0.1) is 12.6 Å². The van der Waals surface area contributed by atoms with Gasteiger partial charge in [-0.25, -0.2) is 0 Å². The number of aryl methyl sites for hydroxylation is 1. The van der Waals surface area contributed by atoms with Crippen LogP contribution in [0.3, 0.4) is 0 Å². The predicted octanol–water partition coefficient (Wildman–Crippen LogP) is 2.37. The van der Waals surface area contributed by atoms with Gasteiger partial charge < -0.3 is 4.74 Å². The fraction of sp³-hybridized carbons (Fsp3) is 0.650. The fourth-order valence-electron chi connectivity index (χ4n) is 5.40. The standard InChI is InChI=1S/C20H25F3N2O4S/c1-29-18(26)7-3-13-2-4-14-9-16-5-6-17(10-15(14)8-13)19(16)11-25(12-20(21,22)23)30(27,28)24-19/h2,4,8,16-17,24H,3,5-7,9-12H2,1H3/t16-,17+,19-/m1/s1. The van der Waals surface area contributed by atoms with Crippen LogP contribution in [0.15, 0.2) is 18.2 Å². The molecule has 2 bridgehead atoms. The molecule has 1 aromatic rings. The molecular formula is C20H25F3N2O4S. The average Bonchev–Trinajstić information content (AvgIpc) is 3.03. The summed E-state index contributed by atoms with van der Waals surface area (Å²) < 4.78 is 71.8. The second-order valence-electron chi connectivity index (χ2n) is 8.59. The smallest absolute Gasteiger partial charge is 0.402 e. The van der Waals surface area contributed by atoms with Gasteiger partial charge in [0.25, 0.3) is 10.2 Å². The Morgan fingerprint density at radius 3 is 2.53 bits per heavy atom. The highest BCUT2D eigenvalue weighted by atomic mass is 32.2. The summed E-state index contributed by atoms with van der Waals surface area (Å²) in [5.41, 5.74) is 2.33. The molecule has 1 saturated carbocycles. The molecule has 2 aliphatic carbocycles. The molecule has 30 heavy (non-hydrogen) atoms. The van der Waals surface area contributed by atoms with E-state index in [-0.39, 0.29) is 30.8 Å². The van der Waals surface area contributed by atoms with E-state index in [9.17, 15) is 26.4 Å². The predicted molar refractivity (Wildman–Crippen MR) is 103 cm³/mol. The lowest BCUT2D eigenvalue weighted by Crippen LogP contribution is -2.52. The van der Waals surface area contributed by atoms with E-state index in [1.165, 1.54) is 7.11 Å². The molecule has 2 fully saturated rings. The number of nitrogens with zero attached hydrogens (tertiary/aromatic N) is 1. The van der Waals surface area contributed by atoms with Crippen LogP contribution in [0.25, 0.3) is 0 Å². The fourth-order valence-corrected chi connectivity index (χ4v) is 7.11. The zero-order chi connectivity index (χ0) is 21.7. The van der Waals surface area contributed by atoms with E-state index in [1.807, 2.05) is 18.2 Å². The molecule has 4 rings (SSSR count). The highest BCUT2D eigenvalue weighted by molar-refractivity contribution is 7.87. The molecule has 6 nitrogen and oxygen atoms in total. The zero-order valence-corrected chi connectivity index (χ0v) is 17.5. The van der Waals surface area contributed by atoms with E-state index in [0.717, 1.165) is 29.5 Å². The van der Waals surface area contributed by atoms with E-state index < -0.39 is 28.5 Å². The third kappa shape index (κ3) is 3.97. The number of methoxy groups -OCH3 is 1. The maximum Gasteiger partial charge on any atom is 0.402 e. The number of nitrogens with one attached hydrogen (secondary N) is 1. The molecule has 10 heteroatoms. The number of benzene rings is 1. The van der Waals surface area contributed by atoms with E-state index in [1.54, 1.807) is 0 Å². The Morgan fingerprint density at radius 2 is 1.90 bits per heavy atom. The minimum atomic E-state index is -4.58. The Balaban J connectivity index is 1.59. The van der Waals surface area contributed by atoms with Gasteiger partial charge in [-0.3, -0.25) is 4.79 Å². The van der Waals surface area contributed by atoms with Crippen LogP contribution in [0.4, 0.5) is 13.2 Å². The molecule has 1 saturated heterocycles. The van der Waals surface area contributed by atoms with E-state index in [2.05, 4.69) is 9.46 Å². The van der Waals surface area contributed by atoms with Crippen molar-refractivity contribution in [1.82, 2.24) is 9.03 Å². The number of halogens is 3. The van der Waals surface area contributed by atoms with Gasteiger partial charge in [0.15, 0.2) is 0 Å². The summed E-state index contributed by atoms with van der Waals surface area (Å²) in [7, 11) is -2.83. The topological polar surface area (TPSA) is 75.7 Å². The van der Waals surface area contributed by atoms with Crippen LogP contribution < -0.4 is 4.72 Å². The highest BCUT2D eigenvalue weighted by Gasteiger charge is 2.60. The summed E-state index contributed by atoms with van der Waals surface area (Å²) in [6, 6.07) is 6.01. The molecule has 1 aliphatic heterocycles. The second kappa shape index (κ2) is 7.49. The van der Waals surface area contributed by atoms with Gasteiger partial charge >= 0.3 is 12.1 Å². The molecule has 3 aliphatic rings. The van der Waals surface area contributed by atoms with Crippen molar-refractivity contribution >= 4 is 16.2 Å². The third-order valence-corrected chi connectivity index (χ3v) is 8.40. The summed E-state index contributed by atoms with van der Waals surface area (Å²) in [5.74, 6) is -0.390.